The van der Waals surface area contributed by atoms with Gasteiger partial charge in [-0.1, -0.05) is 6.07 Å². The SMILES string of the molecule is COc1ccc(N2C(=O)[C@H](CC(=O)Nc3ccc(F)cc3)N(Cc3cccs3)C2=O)cc1. The van der Waals surface area contributed by atoms with Crippen LogP contribution in [0.4, 0.5) is 20.6 Å². The largest absolute Gasteiger partial charge is 0.497 e. The molecule has 1 N–H and O–H groups in total. The molecule has 0 spiro atoms. The molecule has 9 heteroatoms. The van der Waals surface area contributed by atoms with Crippen LogP contribution in [-0.4, -0.2) is 35.9 Å². The fourth-order valence-electron chi connectivity index (χ4n) is 3.47. The Morgan fingerprint density at radius 3 is 2.44 bits per heavy atom. The molecule has 1 atom stereocenters. The number of benzene rings is 2. The summed E-state index contributed by atoms with van der Waals surface area (Å²) in [6.45, 7) is 0.212. The van der Waals surface area contributed by atoms with Crippen molar-refractivity contribution >= 4 is 40.6 Å². The van der Waals surface area contributed by atoms with Crippen molar-refractivity contribution in [2.24, 2.45) is 0 Å². The molecule has 164 valence electrons. The number of imide groups is 1. The Morgan fingerprint density at radius 2 is 1.81 bits per heavy atom. The van der Waals surface area contributed by atoms with Crippen LogP contribution >= 0.6 is 11.3 Å². The maximum Gasteiger partial charge on any atom is 0.332 e. The van der Waals surface area contributed by atoms with Gasteiger partial charge in [0.05, 0.1) is 25.8 Å². The number of carbonyl (C=O) groups is 3. The molecule has 0 radical (unpaired) electrons. The van der Waals surface area contributed by atoms with Crippen molar-refractivity contribution in [3.8, 4) is 5.75 Å². The molecule has 32 heavy (non-hydrogen) atoms. The number of thiophene rings is 1. The van der Waals surface area contributed by atoms with Crippen LogP contribution in [0.15, 0.2) is 66.0 Å². The van der Waals surface area contributed by atoms with Gasteiger partial charge in [-0.05, 0) is 60.0 Å². The number of methoxy groups -OCH3 is 1. The number of rotatable bonds is 7. The number of nitrogens with one attached hydrogen (secondary N) is 1. The zero-order valence-corrected chi connectivity index (χ0v) is 18.0. The Bertz CT molecular complexity index is 1120. The highest BCUT2D eigenvalue weighted by atomic mass is 32.1. The second-order valence-electron chi connectivity index (χ2n) is 7.14. The Hall–Kier alpha value is -3.72. The molecule has 1 aliphatic rings. The third kappa shape index (κ3) is 4.47. The van der Waals surface area contributed by atoms with Crippen LogP contribution in [0.1, 0.15) is 11.3 Å². The number of ether oxygens (including phenoxy) is 1. The van der Waals surface area contributed by atoms with Gasteiger partial charge in [0.2, 0.25) is 5.91 Å². The van der Waals surface area contributed by atoms with E-state index in [2.05, 4.69) is 5.32 Å². The van der Waals surface area contributed by atoms with E-state index in [1.807, 2.05) is 17.5 Å². The number of carbonyl (C=O) groups excluding carboxylic acids is 3. The Balaban J connectivity index is 1.57. The molecule has 2 heterocycles. The normalized spacial score (nSPS) is 15.9. The molecule has 3 aromatic rings. The van der Waals surface area contributed by atoms with Gasteiger partial charge in [-0.2, -0.15) is 0 Å². The molecule has 0 saturated carbocycles. The predicted octanol–water partition coefficient (Wildman–Crippen LogP) is 4.26. The molecule has 4 rings (SSSR count). The summed E-state index contributed by atoms with van der Waals surface area (Å²) in [6.07, 6.45) is -0.222. The molecule has 1 aromatic heterocycles. The van der Waals surface area contributed by atoms with Gasteiger partial charge in [-0.15, -0.1) is 11.3 Å². The number of hydrogen-bond donors (Lipinski definition) is 1. The maximum atomic E-state index is 13.2. The van der Waals surface area contributed by atoms with Crippen LogP contribution in [0.2, 0.25) is 0 Å². The zero-order valence-electron chi connectivity index (χ0n) is 17.2. The molecule has 0 aliphatic carbocycles. The van der Waals surface area contributed by atoms with E-state index in [4.69, 9.17) is 4.74 Å². The summed E-state index contributed by atoms with van der Waals surface area (Å²) in [6, 6.07) is 14.2. The van der Waals surface area contributed by atoms with Crippen LogP contribution in [0.5, 0.6) is 5.75 Å². The van der Waals surface area contributed by atoms with Gasteiger partial charge >= 0.3 is 6.03 Å². The zero-order chi connectivity index (χ0) is 22.7. The average Bonchev–Trinajstić information content (AvgIpc) is 3.38. The van der Waals surface area contributed by atoms with Crippen molar-refractivity contribution in [2.45, 2.75) is 19.0 Å². The Morgan fingerprint density at radius 1 is 1.09 bits per heavy atom. The van der Waals surface area contributed by atoms with Crippen molar-refractivity contribution in [3.05, 3.63) is 76.7 Å². The lowest BCUT2D eigenvalue weighted by atomic mass is 10.1. The van der Waals surface area contributed by atoms with Gasteiger partial charge in [0.1, 0.15) is 17.6 Å². The van der Waals surface area contributed by atoms with E-state index < -0.39 is 29.7 Å². The molecule has 4 amide bonds. The minimum absolute atomic E-state index is 0.212. The number of nitrogens with zero attached hydrogens (tertiary/aromatic N) is 2. The molecule has 1 aliphatic heterocycles. The molecular weight excluding hydrogens is 433 g/mol. The van der Waals surface area contributed by atoms with E-state index in [1.54, 1.807) is 24.3 Å². The summed E-state index contributed by atoms with van der Waals surface area (Å²) in [5, 5.41) is 4.54. The highest BCUT2D eigenvalue weighted by Gasteiger charge is 2.46. The van der Waals surface area contributed by atoms with E-state index in [0.29, 0.717) is 17.1 Å². The molecule has 2 aromatic carbocycles. The van der Waals surface area contributed by atoms with Gasteiger partial charge in [-0.3, -0.25) is 9.59 Å². The lowest BCUT2D eigenvalue weighted by Crippen LogP contribution is -2.37. The molecule has 0 bridgehead atoms. The summed E-state index contributed by atoms with van der Waals surface area (Å²) in [4.78, 5) is 42.5. The predicted molar refractivity (Wildman–Crippen MR) is 119 cm³/mol. The van der Waals surface area contributed by atoms with Crippen molar-refractivity contribution in [2.75, 3.05) is 17.3 Å². The molecule has 1 saturated heterocycles. The van der Waals surface area contributed by atoms with E-state index in [1.165, 1.54) is 47.6 Å². The smallest absolute Gasteiger partial charge is 0.332 e. The van der Waals surface area contributed by atoms with Crippen molar-refractivity contribution in [1.82, 2.24) is 4.90 Å². The fourth-order valence-corrected chi connectivity index (χ4v) is 4.18. The first-order chi connectivity index (χ1) is 15.5. The van der Waals surface area contributed by atoms with E-state index in [9.17, 15) is 18.8 Å². The van der Waals surface area contributed by atoms with Crippen LogP contribution < -0.4 is 15.0 Å². The van der Waals surface area contributed by atoms with E-state index in [0.717, 1.165) is 9.78 Å². The van der Waals surface area contributed by atoms with Crippen LogP contribution in [0, 0.1) is 5.82 Å². The quantitative estimate of drug-likeness (QED) is 0.542. The minimum atomic E-state index is -0.966. The Kier molecular flexibility index (Phi) is 6.18. The van der Waals surface area contributed by atoms with E-state index in [-0.39, 0.29) is 13.0 Å². The summed E-state index contributed by atoms with van der Waals surface area (Å²) < 4.78 is 18.3. The summed E-state index contributed by atoms with van der Waals surface area (Å²) in [5.74, 6) is -0.753. The topological polar surface area (TPSA) is 79.0 Å². The maximum absolute atomic E-state index is 13.2. The number of amides is 4. The molecule has 7 nitrogen and oxygen atoms in total. The van der Waals surface area contributed by atoms with E-state index >= 15 is 0 Å². The van der Waals surface area contributed by atoms with Gasteiger partial charge < -0.3 is 15.0 Å². The lowest BCUT2D eigenvalue weighted by molar-refractivity contribution is -0.124. The molecular formula is C23H20FN3O4S. The van der Waals surface area contributed by atoms with Crippen molar-refractivity contribution in [3.63, 3.8) is 0 Å². The van der Waals surface area contributed by atoms with Gasteiger partial charge in [0, 0.05) is 10.6 Å². The van der Waals surface area contributed by atoms with Crippen molar-refractivity contribution in [1.29, 1.82) is 0 Å². The second kappa shape index (κ2) is 9.19. The highest BCUT2D eigenvalue weighted by Crippen LogP contribution is 2.30. The number of halogens is 1. The highest BCUT2D eigenvalue weighted by molar-refractivity contribution is 7.09. The van der Waals surface area contributed by atoms with Crippen LogP contribution in [0.3, 0.4) is 0 Å². The Labute approximate surface area is 188 Å². The van der Waals surface area contributed by atoms with Gasteiger partial charge in [-0.25, -0.2) is 14.1 Å². The standard InChI is InChI=1S/C23H20FN3O4S/c1-31-18-10-8-17(9-11-18)27-22(29)20(26(23(27)30)14-19-3-2-12-32-19)13-21(28)25-16-6-4-15(24)5-7-16/h2-12,20H,13-14H2,1H3,(H,25,28)/t20-/m0/s1. The number of hydrogen-bond acceptors (Lipinski definition) is 5. The number of urea groups is 1. The van der Waals surface area contributed by atoms with Gasteiger partial charge in [0.15, 0.2) is 0 Å². The minimum Gasteiger partial charge on any atom is -0.497 e. The summed E-state index contributed by atoms with van der Waals surface area (Å²) in [5.41, 5.74) is 0.809. The first-order valence-corrected chi connectivity index (χ1v) is 10.7. The third-order valence-electron chi connectivity index (χ3n) is 5.06. The molecule has 1 fully saturated rings. The third-order valence-corrected chi connectivity index (χ3v) is 5.92. The van der Waals surface area contributed by atoms with Gasteiger partial charge in [0.25, 0.3) is 5.91 Å². The number of anilines is 2. The fraction of sp³-hybridized carbons (Fsp3) is 0.174. The average molecular weight is 453 g/mol. The van der Waals surface area contributed by atoms with Crippen molar-refractivity contribution < 1.29 is 23.5 Å². The first-order valence-electron chi connectivity index (χ1n) is 9.82. The molecule has 0 unspecified atom stereocenters. The van der Waals surface area contributed by atoms with Crippen LogP contribution in [0.25, 0.3) is 0 Å². The monoisotopic (exact) mass is 453 g/mol. The summed E-state index contributed by atoms with van der Waals surface area (Å²) in [7, 11) is 1.53. The lowest BCUT2D eigenvalue weighted by Gasteiger charge is -2.21. The van der Waals surface area contributed by atoms with Crippen LogP contribution in [-0.2, 0) is 16.1 Å². The summed E-state index contributed by atoms with van der Waals surface area (Å²) >= 11 is 1.46. The first kappa shape index (κ1) is 21.5. The second-order valence-corrected chi connectivity index (χ2v) is 8.17.